The molecule has 0 atom stereocenters. The zero-order valence-electron chi connectivity index (χ0n) is 8.02. The first-order valence-corrected chi connectivity index (χ1v) is 5.05. The number of fused-ring (bicyclic) bond motifs is 1. The molecule has 1 aliphatic carbocycles. The van der Waals surface area contributed by atoms with Crippen molar-refractivity contribution in [3.63, 3.8) is 0 Å². The number of hydrogen-bond acceptors (Lipinski definition) is 1. The maximum atomic E-state index is 11.6. The minimum absolute atomic E-state index is 0.339. The van der Waals surface area contributed by atoms with E-state index in [1.54, 1.807) is 0 Å². The number of aryl methyl sites for hydroxylation is 2. The van der Waals surface area contributed by atoms with Crippen LogP contribution >= 0.6 is 0 Å². The average Bonchev–Trinajstić information content (AvgIpc) is 2.51. The Hall–Kier alpha value is -1.05. The van der Waals surface area contributed by atoms with E-state index in [1.807, 2.05) is 6.20 Å². The molecule has 1 N–H and O–H groups in total. The lowest BCUT2D eigenvalue weighted by atomic mass is 9.92. The van der Waals surface area contributed by atoms with E-state index >= 15 is 0 Å². The third-order valence-corrected chi connectivity index (χ3v) is 2.67. The number of ketones is 1. The summed E-state index contributed by atoms with van der Waals surface area (Å²) < 4.78 is 0. The molecule has 70 valence electrons. The highest BCUT2D eigenvalue weighted by molar-refractivity contribution is 5.99. The molecule has 2 rings (SSSR count). The number of carbonyl (C=O) groups excluding carboxylic acids is 1. The van der Waals surface area contributed by atoms with Crippen LogP contribution in [0.25, 0.3) is 0 Å². The molecule has 2 nitrogen and oxygen atoms in total. The standard InChI is InChI=1S/C11H15NO/c1-2-4-8-7-12-9-5-3-6-10(13)11(8)9/h7,12H,2-6H2,1H3. The molecule has 2 heteroatoms. The molecule has 0 spiro atoms. The summed E-state index contributed by atoms with van der Waals surface area (Å²) in [6.45, 7) is 2.15. The van der Waals surface area contributed by atoms with Gasteiger partial charge in [0.15, 0.2) is 5.78 Å². The van der Waals surface area contributed by atoms with E-state index < -0.39 is 0 Å². The van der Waals surface area contributed by atoms with Crippen molar-refractivity contribution >= 4 is 5.78 Å². The van der Waals surface area contributed by atoms with E-state index in [4.69, 9.17) is 0 Å². The predicted octanol–water partition coefficient (Wildman–Crippen LogP) is 2.49. The molecule has 1 aliphatic rings. The summed E-state index contributed by atoms with van der Waals surface area (Å²) in [4.78, 5) is 14.8. The van der Waals surface area contributed by atoms with Crippen molar-refractivity contribution in [1.82, 2.24) is 4.98 Å². The van der Waals surface area contributed by atoms with E-state index in [2.05, 4.69) is 11.9 Å². The monoisotopic (exact) mass is 177 g/mol. The third-order valence-electron chi connectivity index (χ3n) is 2.67. The molecule has 0 unspecified atom stereocenters. The van der Waals surface area contributed by atoms with Crippen LogP contribution in [0.3, 0.4) is 0 Å². The van der Waals surface area contributed by atoms with E-state index in [0.717, 1.165) is 37.7 Å². The molecule has 13 heavy (non-hydrogen) atoms. The van der Waals surface area contributed by atoms with Gasteiger partial charge in [-0.25, -0.2) is 0 Å². The molecule has 0 radical (unpaired) electrons. The zero-order valence-corrected chi connectivity index (χ0v) is 8.02. The molecular formula is C11H15NO. The number of nitrogens with one attached hydrogen (secondary N) is 1. The second-order valence-electron chi connectivity index (χ2n) is 3.69. The Bertz CT molecular complexity index is 325. The lowest BCUT2D eigenvalue weighted by Gasteiger charge is -2.11. The maximum Gasteiger partial charge on any atom is 0.164 e. The molecule has 0 saturated heterocycles. The highest BCUT2D eigenvalue weighted by Gasteiger charge is 2.21. The minimum atomic E-state index is 0.339. The van der Waals surface area contributed by atoms with Crippen LogP contribution in [0.15, 0.2) is 6.20 Å². The van der Waals surface area contributed by atoms with Gasteiger partial charge < -0.3 is 4.98 Å². The fourth-order valence-electron chi connectivity index (χ4n) is 2.07. The molecule has 0 aliphatic heterocycles. The Morgan fingerprint density at radius 2 is 2.31 bits per heavy atom. The van der Waals surface area contributed by atoms with Gasteiger partial charge in [0.05, 0.1) is 0 Å². The van der Waals surface area contributed by atoms with E-state index in [-0.39, 0.29) is 0 Å². The molecular weight excluding hydrogens is 162 g/mol. The summed E-state index contributed by atoms with van der Waals surface area (Å²) in [6.07, 6.45) is 6.94. The van der Waals surface area contributed by atoms with Gasteiger partial charge in [-0.1, -0.05) is 13.3 Å². The molecule has 0 saturated carbocycles. The molecule has 0 aromatic carbocycles. The highest BCUT2D eigenvalue weighted by atomic mass is 16.1. The largest absolute Gasteiger partial charge is 0.364 e. The van der Waals surface area contributed by atoms with Crippen LogP contribution < -0.4 is 0 Å². The molecule has 1 heterocycles. The van der Waals surface area contributed by atoms with E-state index in [1.165, 1.54) is 11.3 Å². The Balaban J connectivity index is 2.38. The summed E-state index contributed by atoms with van der Waals surface area (Å²) in [7, 11) is 0. The van der Waals surface area contributed by atoms with Crippen LogP contribution in [0.1, 0.15) is 47.8 Å². The normalized spacial score (nSPS) is 15.9. The number of hydrogen-bond donors (Lipinski definition) is 1. The molecule has 1 aromatic heterocycles. The smallest absolute Gasteiger partial charge is 0.164 e. The number of Topliss-reactive ketones (excluding diaryl/α,β-unsaturated/α-hetero) is 1. The summed E-state index contributed by atoms with van der Waals surface area (Å²) in [6, 6.07) is 0. The van der Waals surface area contributed by atoms with Crippen LogP contribution in [-0.4, -0.2) is 10.8 Å². The first-order valence-electron chi connectivity index (χ1n) is 5.05. The van der Waals surface area contributed by atoms with Crippen molar-refractivity contribution in [1.29, 1.82) is 0 Å². The van der Waals surface area contributed by atoms with Crippen molar-refractivity contribution in [3.8, 4) is 0 Å². The lowest BCUT2D eigenvalue weighted by molar-refractivity contribution is 0.0971. The second-order valence-corrected chi connectivity index (χ2v) is 3.69. The quantitative estimate of drug-likeness (QED) is 0.739. The van der Waals surface area contributed by atoms with Gasteiger partial charge in [0, 0.05) is 23.9 Å². The fourth-order valence-corrected chi connectivity index (χ4v) is 2.07. The number of carbonyl (C=O) groups is 1. The highest BCUT2D eigenvalue weighted by Crippen LogP contribution is 2.24. The van der Waals surface area contributed by atoms with E-state index in [0.29, 0.717) is 5.78 Å². The Morgan fingerprint density at radius 1 is 1.46 bits per heavy atom. The summed E-state index contributed by atoms with van der Waals surface area (Å²) in [5.74, 6) is 0.339. The summed E-state index contributed by atoms with van der Waals surface area (Å²) in [5, 5.41) is 0. The van der Waals surface area contributed by atoms with Crippen LogP contribution in [-0.2, 0) is 12.8 Å². The van der Waals surface area contributed by atoms with Gasteiger partial charge in [0.1, 0.15) is 0 Å². The van der Waals surface area contributed by atoms with Crippen LogP contribution in [0.2, 0.25) is 0 Å². The summed E-state index contributed by atoms with van der Waals surface area (Å²) in [5.41, 5.74) is 3.40. The number of rotatable bonds is 2. The fraction of sp³-hybridized carbons (Fsp3) is 0.545. The zero-order chi connectivity index (χ0) is 9.26. The Labute approximate surface area is 78.4 Å². The Morgan fingerprint density at radius 3 is 3.08 bits per heavy atom. The van der Waals surface area contributed by atoms with Crippen molar-refractivity contribution in [2.45, 2.75) is 39.0 Å². The van der Waals surface area contributed by atoms with Gasteiger partial charge >= 0.3 is 0 Å². The first kappa shape index (κ1) is 8.54. The van der Waals surface area contributed by atoms with Gasteiger partial charge in [-0.3, -0.25) is 4.79 Å². The molecule has 0 fully saturated rings. The number of aromatic nitrogens is 1. The molecule has 0 bridgehead atoms. The topological polar surface area (TPSA) is 32.9 Å². The minimum Gasteiger partial charge on any atom is -0.364 e. The van der Waals surface area contributed by atoms with Gasteiger partial charge in [-0.15, -0.1) is 0 Å². The third kappa shape index (κ3) is 1.41. The van der Waals surface area contributed by atoms with Gasteiger partial charge in [-0.05, 0) is 24.8 Å². The number of H-pyrrole nitrogens is 1. The Kier molecular flexibility index (Phi) is 2.21. The van der Waals surface area contributed by atoms with Gasteiger partial charge in [0.2, 0.25) is 0 Å². The van der Waals surface area contributed by atoms with Crippen molar-refractivity contribution in [2.75, 3.05) is 0 Å². The van der Waals surface area contributed by atoms with E-state index in [9.17, 15) is 4.79 Å². The van der Waals surface area contributed by atoms with Crippen molar-refractivity contribution < 1.29 is 4.79 Å². The number of aromatic amines is 1. The molecule has 1 aromatic rings. The average molecular weight is 177 g/mol. The SMILES string of the molecule is CCCc1c[nH]c2c1C(=O)CCC2. The van der Waals surface area contributed by atoms with Crippen LogP contribution in [0.5, 0.6) is 0 Å². The summed E-state index contributed by atoms with van der Waals surface area (Å²) >= 11 is 0. The van der Waals surface area contributed by atoms with Gasteiger partial charge in [0.25, 0.3) is 0 Å². The van der Waals surface area contributed by atoms with Crippen LogP contribution in [0, 0.1) is 0 Å². The maximum absolute atomic E-state index is 11.6. The van der Waals surface area contributed by atoms with Gasteiger partial charge in [-0.2, -0.15) is 0 Å². The lowest BCUT2D eigenvalue weighted by Crippen LogP contribution is -2.10. The second kappa shape index (κ2) is 3.36. The van der Waals surface area contributed by atoms with Crippen molar-refractivity contribution in [2.24, 2.45) is 0 Å². The van der Waals surface area contributed by atoms with Crippen molar-refractivity contribution in [3.05, 3.63) is 23.0 Å². The predicted molar refractivity (Wildman–Crippen MR) is 52.1 cm³/mol. The molecule has 0 amide bonds. The first-order chi connectivity index (χ1) is 6.33. The van der Waals surface area contributed by atoms with Crippen LogP contribution in [0.4, 0.5) is 0 Å².